The topological polar surface area (TPSA) is 39.6 Å². The van der Waals surface area contributed by atoms with E-state index in [2.05, 4.69) is 40.1 Å². The quantitative estimate of drug-likeness (QED) is 0.855. The first-order valence-corrected chi connectivity index (χ1v) is 9.11. The van der Waals surface area contributed by atoms with Crippen molar-refractivity contribution in [2.75, 3.05) is 45.0 Å². The second kappa shape index (κ2) is 4.49. The summed E-state index contributed by atoms with van der Waals surface area (Å²) in [4.78, 5) is 5.26. The molecule has 5 fully saturated rings. The maximum atomic E-state index is 8.07. The van der Waals surface area contributed by atoms with Crippen LogP contribution in [0.25, 0.3) is 0 Å². The smallest absolute Gasteiger partial charge is 0.243 e. The van der Waals surface area contributed by atoms with E-state index in [0.29, 0.717) is 11.1 Å². The van der Waals surface area contributed by atoms with E-state index in [1.807, 2.05) is 0 Å². The molecule has 116 valence electrons. The van der Waals surface area contributed by atoms with Crippen LogP contribution in [0.2, 0.25) is 0 Å². The molecule has 1 spiro atoms. The van der Waals surface area contributed by atoms with E-state index in [1.54, 1.807) is 11.8 Å². The fraction of sp³-hybridized carbons (Fsp3) is 0.588. The van der Waals surface area contributed by atoms with E-state index >= 15 is 0 Å². The molecule has 5 heteroatoms. The van der Waals surface area contributed by atoms with Crippen LogP contribution in [0.5, 0.6) is 0 Å². The van der Waals surface area contributed by atoms with Gasteiger partial charge in [-0.15, -0.1) is 0 Å². The Kier molecular flexibility index (Phi) is 2.74. The van der Waals surface area contributed by atoms with E-state index < -0.39 is 0 Å². The van der Waals surface area contributed by atoms with Crippen LogP contribution in [0, 0.1) is 11.3 Å². The van der Waals surface area contributed by atoms with Crippen molar-refractivity contribution in [3.8, 4) is 0 Å². The number of hydrogen-bond acceptors (Lipinski definition) is 5. The third-order valence-corrected chi connectivity index (χ3v) is 7.08. The van der Waals surface area contributed by atoms with Crippen LogP contribution in [0.1, 0.15) is 5.56 Å². The summed E-state index contributed by atoms with van der Waals surface area (Å²) in [7, 11) is 0. The van der Waals surface area contributed by atoms with Gasteiger partial charge >= 0.3 is 0 Å². The predicted molar refractivity (Wildman–Crippen MR) is 88.5 cm³/mol. The molecule has 1 N–H and O–H groups in total. The van der Waals surface area contributed by atoms with Crippen LogP contribution in [0.4, 0.5) is 0 Å². The maximum absolute atomic E-state index is 8.07. The third-order valence-electron chi connectivity index (χ3n) is 6.17. The van der Waals surface area contributed by atoms with Crippen molar-refractivity contribution in [3.05, 3.63) is 35.9 Å². The summed E-state index contributed by atoms with van der Waals surface area (Å²) in [6.07, 6.45) is 0. The summed E-state index contributed by atoms with van der Waals surface area (Å²) >= 11 is 1.60. The van der Waals surface area contributed by atoms with Crippen LogP contribution >= 0.6 is 11.8 Å². The van der Waals surface area contributed by atoms with Gasteiger partial charge in [0.2, 0.25) is 5.23 Å². The van der Waals surface area contributed by atoms with Gasteiger partial charge in [0.1, 0.15) is 5.60 Å². The standard InChI is InChI=1S/C17H21N3OS/c18-15-21-17(12-22-15)14-8-19-6-7-20(9-14)11-16(17,10-19)13-4-2-1-3-5-13/h1-5,14,18H,6-12H2. The highest BCUT2D eigenvalue weighted by Gasteiger charge is 2.68. The number of nitrogens with one attached hydrogen (secondary N) is 1. The monoisotopic (exact) mass is 315 g/mol. The number of fused-ring (bicyclic) bond motifs is 1. The van der Waals surface area contributed by atoms with Crippen LogP contribution in [-0.2, 0) is 10.2 Å². The van der Waals surface area contributed by atoms with Crippen molar-refractivity contribution in [1.29, 1.82) is 5.41 Å². The molecule has 5 heterocycles. The highest BCUT2D eigenvalue weighted by molar-refractivity contribution is 8.13. The lowest BCUT2D eigenvalue weighted by molar-refractivity contribution is -0.130. The van der Waals surface area contributed by atoms with Gasteiger partial charge in [0.15, 0.2) is 0 Å². The Morgan fingerprint density at radius 3 is 2.36 bits per heavy atom. The largest absolute Gasteiger partial charge is 0.464 e. The van der Waals surface area contributed by atoms with Crippen molar-refractivity contribution >= 4 is 17.0 Å². The molecule has 0 saturated carbocycles. The maximum Gasteiger partial charge on any atom is 0.243 e. The highest BCUT2D eigenvalue weighted by Crippen LogP contribution is 2.55. The van der Waals surface area contributed by atoms with Crippen molar-refractivity contribution in [1.82, 2.24) is 9.80 Å². The number of hydrogen-bond donors (Lipinski definition) is 1. The average Bonchev–Trinajstić information content (AvgIpc) is 2.73. The van der Waals surface area contributed by atoms with Gasteiger partial charge < -0.3 is 14.5 Å². The first-order valence-electron chi connectivity index (χ1n) is 8.12. The SMILES string of the molecule is N=C1OC2(CS1)C1CN3CCN(C1)CC2(c1ccccc1)C3. The summed E-state index contributed by atoms with van der Waals surface area (Å²) in [5.41, 5.74) is 1.21. The number of piperidine rings is 2. The molecule has 5 aliphatic rings. The number of rotatable bonds is 1. The Balaban J connectivity index is 1.72. The van der Waals surface area contributed by atoms with Gasteiger partial charge in [-0.25, -0.2) is 0 Å². The number of ether oxygens (including phenoxy) is 1. The minimum absolute atomic E-state index is 0.00171. The predicted octanol–water partition coefficient (Wildman–Crippen LogP) is 1.62. The molecular weight excluding hydrogens is 294 g/mol. The molecule has 6 rings (SSSR count). The van der Waals surface area contributed by atoms with Gasteiger partial charge in [0.25, 0.3) is 0 Å². The Labute approximate surface area is 135 Å². The summed E-state index contributed by atoms with van der Waals surface area (Å²) in [6.45, 7) is 6.73. The van der Waals surface area contributed by atoms with Gasteiger partial charge in [-0.1, -0.05) is 42.1 Å². The van der Waals surface area contributed by atoms with Crippen molar-refractivity contribution in [2.24, 2.45) is 5.92 Å². The molecular formula is C17H21N3OS. The zero-order chi connectivity index (χ0) is 14.8. The molecule has 1 aromatic carbocycles. The average molecular weight is 315 g/mol. The minimum atomic E-state index is -0.187. The molecule has 5 saturated heterocycles. The van der Waals surface area contributed by atoms with Crippen molar-refractivity contribution in [2.45, 2.75) is 11.0 Å². The Bertz CT molecular complexity index is 606. The van der Waals surface area contributed by atoms with E-state index in [9.17, 15) is 0 Å². The fourth-order valence-electron chi connectivity index (χ4n) is 5.22. The molecule has 1 aromatic rings. The first kappa shape index (κ1) is 13.4. The molecule has 22 heavy (non-hydrogen) atoms. The van der Waals surface area contributed by atoms with Gasteiger partial charge in [-0.3, -0.25) is 5.41 Å². The Hall–Kier alpha value is -1.04. The normalized spacial score (nSPS) is 46.0. The zero-order valence-electron chi connectivity index (χ0n) is 12.6. The first-order chi connectivity index (χ1) is 10.7. The number of nitrogens with zero attached hydrogens (tertiary/aromatic N) is 2. The second-order valence-corrected chi connectivity index (χ2v) is 8.13. The van der Waals surface area contributed by atoms with Crippen molar-refractivity contribution in [3.63, 3.8) is 0 Å². The molecule has 5 aliphatic heterocycles. The zero-order valence-corrected chi connectivity index (χ0v) is 13.4. The van der Waals surface area contributed by atoms with Crippen LogP contribution < -0.4 is 0 Å². The summed E-state index contributed by atoms with van der Waals surface area (Å²) in [6, 6.07) is 10.9. The summed E-state index contributed by atoms with van der Waals surface area (Å²) in [5, 5.41) is 8.49. The van der Waals surface area contributed by atoms with Crippen LogP contribution in [-0.4, -0.2) is 65.7 Å². The number of thioether (sulfide) groups is 1. The Morgan fingerprint density at radius 1 is 1.09 bits per heavy atom. The van der Waals surface area contributed by atoms with Crippen LogP contribution in [0.3, 0.4) is 0 Å². The van der Waals surface area contributed by atoms with E-state index in [-0.39, 0.29) is 11.0 Å². The van der Waals surface area contributed by atoms with Crippen LogP contribution in [0.15, 0.2) is 30.3 Å². The van der Waals surface area contributed by atoms with Gasteiger partial charge in [0.05, 0.1) is 5.41 Å². The van der Waals surface area contributed by atoms with E-state index in [0.717, 1.165) is 31.9 Å². The Morgan fingerprint density at radius 2 is 1.77 bits per heavy atom. The number of benzene rings is 1. The molecule has 0 aliphatic carbocycles. The van der Waals surface area contributed by atoms with Gasteiger partial charge in [-0.2, -0.15) is 0 Å². The van der Waals surface area contributed by atoms with E-state index in [1.165, 1.54) is 18.7 Å². The highest BCUT2D eigenvalue weighted by atomic mass is 32.2. The lowest BCUT2D eigenvalue weighted by atomic mass is 9.58. The minimum Gasteiger partial charge on any atom is -0.464 e. The molecule has 4 bridgehead atoms. The third kappa shape index (κ3) is 1.59. The molecule has 0 radical (unpaired) electrons. The summed E-state index contributed by atoms with van der Waals surface area (Å²) in [5.74, 6) is 1.45. The fourth-order valence-corrected chi connectivity index (χ4v) is 6.34. The molecule has 3 unspecified atom stereocenters. The molecule has 3 atom stereocenters. The molecule has 0 amide bonds. The lowest BCUT2D eigenvalue weighted by Crippen LogP contribution is -2.74. The van der Waals surface area contributed by atoms with E-state index in [4.69, 9.17) is 10.1 Å². The second-order valence-electron chi connectivity index (χ2n) is 7.18. The van der Waals surface area contributed by atoms with Crippen molar-refractivity contribution < 1.29 is 4.74 Å². The summed E-state index contributed by atoms with van der Waals surface area (Å²) < 4.78 is 6.33. The molecule has 4 nitrogen and oxygen atoms in total. The van der Waals surface area contributed by atoms with Gasteiger partial charge in [-0.05, 0) is 5.56 Å². The molecule has 0 aromatic heterocycles. The van der Waals surface area contributed by atoms with Gasteiger partial charge in [0, 0.05) is 50.9 Å². The lowest BCUT2D eigenvalue weighted by Gasteiger charge is -2.60.